The van der Waals surface area contributed by atoms with Crippen molar-refractivity contribution >= 4 is 34.2 Å². The Bertz CT molecular complexity index is 1040. The van der Waals surface area contributed by atoms with Gasteiger partial charge in [0.2, 0.25) is 5.91 Å². The smallest absolute Gasteiger partial charge is 0.257 e. The lowest BCUT2D eigenvalue weighted by molar-refractivity contribution is -0.116. The van der Waals surface area contributed by atoms with E-state index >= 15 is 0 Å². The van der Waals surface area contributed by atoms with Crippen LogP contribution in [0.4, 0.5) is 11.4 Å². The van der Waals surface area contributed by atoms with Crippen LogP contribution in [0.1, 0.15) is 56.2 Å². The van der Waals surface area contributed by atoms with Gasteiger partial charge in [0.1, 0.15) is 0 Å². The molecule has 7 heteroatoms. The molecule has 0 saturated carbocycles. The maximum atomic E-state index is 12.8. The molecular weight excluding hydrogens is 366 g/mol. The Balaban J connectivity index is 1.73. The Morgan fingerprint density at radius 2 is 1.66 bits per heavy atom. The van der Waals surface area contributed by atoms with Crippen molar-refractivity contribution in [2.75, 3.05) is 10.6 Å². The number of anilines is 2. The Morgan fingerprint density at radius 1 is 1.03 bits per heavy atom. The Morgan fingerprint density at radius 3 is 2.24 bits per heavy atom. The molecule has 2 amide bonds. The molecule has 0 aliphatic heterocycles. The summed E-state index contributed by atoms with van der Waals surface area (Å²) in [4.78, 5) is 29.2. The molecule has 0 radical (unpaired) electrons. The largest absolute Gasteiger partial charge is 0.326 e. The van der Waals surface area contributed by atoms with Crippen molar-refractivity contribution < 1.29 is 9.59 Å². The van der Waals surface area contributed by atoms with E-state index in [9.17, 15) is 9.59 Å². The molecule has 0 aliphatic rings. The average Bonchev–Trinajstić information content (AvgIpc) is 3.04. The van der Waals surface area contributed by atoms with Gasteiger partial charge in [-0.1, -0.05) is 13.8 Å². The van der Waals surface area contributed by atoms with Gasteiger partial charge in [-0.05, 0) is 57.0 Å². The van der Waals surface area contributed by atoms with E-state index in [2.05, 4.69) is 20.7 Å². The van der Waals surface area contributed by atoms with E-state index in [4.69, 9.17) is 0 Å². The summed E-state index contributed by atoms with van der Waals surface area (Å²) >= 11 is 0. The lowest BCUT2D eigenvalue weighted by atomic mass is 10.1. The molecule has 0 saturated heterocycles. The fourth-order valence-corrected chi connectivity index (χ4v) is 3.09. The van der Waals surface area contributed by atoms with Crippen LogP contribution in [0.2, 0.25) is 0 Å². The number of fused-ring (bicyclic) bond motifs is 1. The summed E-state index contributed by atoms with van der Waals surface area (Å²) in [7, 11) is 0. The van der Waals surface area contributed by atoms with Crippen LogP contribution >= 0.6 is 0 Å². The highest BCUT2D eigenvalue weighted by molar-refractivity contribution is 6.06. The van der Waals surface area contributed by atoms with Gasteiger partial charge in [-0.3, -0.25) is 9.59 Å². The number of aryl methyl sites for hydroxylation is 1. The second-order valence-electron chi connectivity index (χ2n) is 7.89. The zero-order chi connectivity index (χ0) is 21.1. The normalized spacial score (nSPS) is 11.3. The molecule has 0 bridgehead atoms. The van der Waals surface area contributed by atoms with Crippen LogP contribution in [0.15, 0.2) is 36.5 Å². The number of benzene rings is 1. The zero-order valence-electron chi connectivity index (χ0n) is 17.5. The standard InChI is InChI=1S/C22H27N5O2/c1-13(2)10-20(28)25-17-6-8-18(9-7-17)26-22(29)19-11-16-12-23-27(14(3)4)21(16)24-15(19)5/h6-9,11-14H,10H2,1-5H3,(H,25,28)(H,26,29). The van der Waals surface area contributed by atoms with E-state index in [1.165, 1.54) is 0 Å². The first kappa shape index (κ1) is 20.5. The van der Waals surface area contributed by atoms with Crippen LogP contribution in [-0.4, -0.2) is 26.6 Å². The molecule has 29 heavy (non-hydrogen) atoms. The van der Waals surface area contributed by atoms with Crippen LogP contribution in [0, 0.1) is 12.8 Å². The van der Waals surface area contributed by atoms with Gasteiger partial charge in [-0.15, -0.1) is 0 Å². The summed E-state index contributed by atoms with van der Waals surface area (Å²) in [6, 6.07) is 9.09. The summed E-state index contributed by atoms with van der Waals surface area (Å²) in [6.07, 6.45) is 2.20. The molecule has 0 atom stereocenters. The molecule has 3 rings (SSSR count). The third-order valence-corrected chi connectivity index (χ3v) is 4.51. The summed E-state index contributed by atoms with van der Waals surface area (Å²) in [5, 5.41) is 10.9. The van der Waals surface area contributed by atoms with Crippen molar-refractivity contribution in [3.8, 4) is 0 Å². The van der Waals surface area contributed by atoms with Crippen LogP contribution in [0.25, 0.3) is 11.0 Å². The summed E-state index contributed by atoms with van der Waals surface area (Å²) in [5.41, 5.74) is 3.28. The van der Waals surface area contributed by atoms with E-state index in [1.807, 2.05) is 45.4 Å². The van der Waals surface area contributed by atoms with Crippen molar-refractivity contribution in [3.05, 3.63) is 47.8 Å². The zero-order valence-corrected chi connectivity index (χ0v) is 17.5. The van der Waals surface area contributed by atoms with Crippen LogP contribution in [-0.2, 0) is 4.79 Å². The molecule has 0 fully saturated rings. The molecule has 2 heterocycles. The van der Waals surface area contributed by atoms with Gasteiger partial charge in [-0.25, -0.2) is 9.67 Å². The van der Waals surface area contributed by atoms with Crippen molar-refractivity contribution in [1.29, 1.82) is 0 Å². The fourth-order valence-electron chi connectivity index (χ4n) is 3.09. The first-order valence-corrected chi connectivity index (χ1v) is 9.80. The third-order valence-electron chi connectivity index (χ3n) is 4.51. The Kier molecular flexibility index (Phi) is 5.96. The van der Waals surface area contributed by atoms with Crippen molar-refractivity contribution in [2.45, 2.75) is 47.1 Å². The van der Waals surface area contributed by atoms with Gasteiger partial charge in [0.15, 0.2) is 5.65 Å². The predicted molar refractivity (Wildman–Crippen MR) is 115 cm³/mol. The second-order valence-corrected chi connectivity index (χ2v) is 7.89. The molecule has 0 unspecified atom stereocenters. The number of hydrogen-bond acceptors (Lipinski definition) is 4. The molecule has 7 nitrogen and oxygen atoms in total. The van der Waals surface area contributed by atoms with Crippen LogP contribution in [0.5, 0.6) is 0 Å². The number of carbonyl (C=O) groups is 2. The fraction of sp³-hybridized carbons (Fsp3) is 0.364. The number of nitrogens with zero attached hydrogens (tertiary/aromatic N) is 3. The number of rotatable bonds is 6. The summed E-state index contributed by atoms with van der Waals surface area (Å²) < 4.78 is 1.84. The highest BCUT2D eigenvalue weighted by Gasteiger charge is 2.15. The molecule has 152 valence electrons. The van der Waals surface area contributed by atoms with Gasteiger partial charge >= 0.3 is 0 Å². The second kappa shape index (κ2) is 8.43. The summed E-state index contributed by atoms with van der Waals surface area (Å²) in [5.74, 6) is 0.0508. The van der Waals surface area contributed by atoms with E-state index in [1.54, 1.807) is 30.5 Å². The van der Waals surface area contributed by atoms with Crippen LogP contribution in [0.3, 0.4) is 0 Å². The quantitative estimate of drug-likeness (QED) is 0.643. The number of hydrogen-bond donors (Lipinski definition) is 2. The number of nitrogens with one attached hydrogen (secondary N) is 2. The SMILES string of the molecule is Cc1nc2c(cnn2C(C)C)cc1C(=O)Nc1ccc(NC(=O)CC(C)C)cc1. The first-order valence-electron chi connectivity index (χ1n) is 9.80. The van der Waals surface area contributed by atoms with Crippen molar-refractivity contribution in [2.24, 2.45) is 5.92 Å². The molecule has 1 aromatic carbocycles. The number of pyridine rings is 1. The van der Waals surface area contributed by atoms with Gasteiger partial charge < -0.3 is 10.6 Å². The number of carbonyl (C=O) groups excluding carboxylic acids is 2. The lowest BCUT2D eigenvalue weighted by Gasteiger charge is -2.11. The topological polar surface area (TPSA) is 88.9 Å². The third kappa shape index (κ3) is 4.80. The van der Waals surface area contributed by atoms with Crippen LogP contribution < -0.4 is 10.6 Å². The van der Waals surface area contributed by atoms with Crippen molar-refractivity contribution in [1.82, 2.24) is 14.8 Å². The minimum atomic E-state index is -0.231. The van der Waals surface area contributed by atoms with Gasteiger partial charge in [0, 0.05) is 29.2 Å². The molecule has 0 aliphatic carbocycles. The molecular formula is C22H27N5O2. The van der Waals surface area contributed by atoms with Gasteiger partial charge in [0.05, 0.1) is 17.5 Å². The maximum absolute atomic E-state index is 12.8. The molecule has 2 aromatic heterocycles. The van der Waals surface area contributed by atoms with E-state index in [-0.39, 0.29) is 17.9 Å². The molecule has 2 N–H and O–H groups in total. The van der Waals surface area contributed by atoms with Gasteiger partial charge in [0.25, 0.3) is 5.91 Å². The molecule has 0 spiro atoms. The Labute approximate surface area is 170 Å². The maximum Gasteiger partial charge on any atom is 0.257 e. The summed E-state index contributed by atoms with van der Waals surface area (Å²) in [6.45, 7) is 9.90. The minimum Gasteiger partial charge on any atom is -0.326 e. The van der Waals surface area contributed by atoms with E-state index in [0.29, 0.717) is 35.0 Å². The number of aromatic nitrogens is 3. The van der Waals surface area contributed by atoms with Crippen molar-refractivity contribution in [3.63, 3.8) is 0 Å². The predicted octanol–water partition coefficient (Wildman–Crippen LogP) is 4.56. The highest BCUT2D eigenvalue weighted by Crippen LogP contribution is 2.21. The van der Waals surface area contributed by atoms with E-state index < -0.39 is 0 Å². The highest BCUT2D eigenvalue weighted by atomic mass is 16.2. The molecule has 3 aromatic rings. The first-order chi connectivity index (χ1) is 13.7. The minimum absolute atomic E-state index is 0.0197. The average molecular weight is 393 g/mol. The van der Waals surface area contributed by atoms with E-state index in [0.717, 1.165) is 11.0 Å². The lowest BCUT2D eigenvalue weighted by Crippen LogP contribution is -2.15. The Hall–Kier alpha value is -3.22. The van der Waals surface area contributed by atoms with Gasteiger partial charge in [-0.2, -0.15) is 5.10 Å². The monoisotopic (exact) mass is 393 g/mol. The number of amides is 2.